The number of tetrazole rings is 1. The maximum Gasteiger partial charge on any atom is 0.248 e. The van der Waals surface area contributed by atoms with Gasteiger partial charge in [-0.1, -0.05) is 35.4 Å². The second kappa shape index (κ2) is 6.75. The average Bonchev–Trinajstić information content (AvgIpc) is 3.26. The minimum absolute atomic E-state index is 0.210. The van der Waals surface area contributed by atoms with E-state index in [1.54, 1.807) is 4.68 Å². The molecule has 1 saturated heterocycles. The van der Waals surface area contributed by atoms with Crippen molar-refractivity contribution in [2.24, 2.45) is 0 Å². The topological polar surface area (TPSA) is 93.0 Å². The zero-order chi connectivity index (χ0) is 18.0. The van der Waals surface area contributed by atoms with Gasteiger partial charge in [-0.3, -0.25) is 4.31 Å². The Kier molecular flexibility index (Phi) is 4.29. The molecule has 0 unspecified atom stereocenters. The number of para-hydroxylation sites is 1. The van der Waals surface area contributed by atoms with Crippen molar-refractivity contribution >= 4 is 21.7 Å². The zero-order valence-corrected chi connectivity index (χ0v) is 14.8. The lowest BCUT2D eigenvalue weighted by Crippen LogP contribution is -2.25. The number of hydrogen-bond donors (Lipinski definition) is 1. The monoisotopic (exact) mass is 370 g/mol. The third-order valence-corrected chi connectivity index (χ3v) is 6.09. The fourth-order valence-electron chi connectivity index (χ4n) is 2.97. The number of rotatable bonds is 5. The number of sulfonamides is 1. The van der Waals surface area contributed by atoms with Gasteiger partial charge in [-0.25, -0.2) is 8.42 Å². The average molecular weight is 370 g/mol. The Morgan fingerprint density at radius 1 is 1.04 bits per heavy atom. The summed E-state index contributed by atoms with van der Waals surface area (Å²) in [6.45, 7) is 1.01. The third-order valence-electron chi connectivity index (χ3n) is 4.22. The summed E-state index contributed by atoms with van der Waals surface area (Å²) in [4.78, 5) is 0. The summed E-state index contributed by atoms with van der Waals surface area (Å²) in [5.41, 5.74) is 2.51. The first-order valence-corrected chi connectivity index (χ1v) is 9.91. The molecule has 1 aliphatic heterocycles. The molecule has 3 aromatic rings. The van der Waals surface area contributed by atoms with Gasteiger partial charge in [-0.2, -0.15) is 4.68 Å². The number of hydrogen-bond acceptors (Lipinski definition) is 6. The third kappa shape index (κ3) is 3.25. The van der Waals surface area contributed by atoms with Crippen LogP contribution in [0.2, 0.25) is 0 Å². The molecule has 0 radical (unpaired) electrons. The summed E-state index contributed by atoms with van der Waals surface area (Å²) in [7, 11) is -3.18. The SMILES string of the molecule is O=S1(=O)CCCN1c1cccc(CNc2nnnn2-c2ccccc2)c1. The quantitative estimate of drug-likeness (QED) is 0.736. The molecular weight excluding hydrogens is 352 g/mol. The van der Waals surface area contributed by atoms with E-state index in [9.17, 15) is 8.42 Å². The van der Waals surface area contributed by atoms with Crippen LogP contribution in [0.4, 0.5) is 11.6 Å². The van der Waals surface area contributed by atoms with Crippen LogP contribution in [-0.2, 0) is 16.6 Å². The van der Waals surface area contributed by atoms with Gasteiger partial charge in [0, 0.05) is 13.1 Å². The molecule has 1 aliphatic rings. The summed E-state index contributed by atoms with van der Waals surface area (Å²) in [6.07, 6.45) is 0.663. The first kappa shape index (κ1) is 16.5. The highest BCUT2D eigenvalue weighted by Gasteiger charge is 2.28. The molecule has 0 spiro atoms. The van der Waals surface area contributed by atoms with Crippen molar-refractivity contribution in [2.75, 3.05) is 21.9 Å². The summed E-state index contributed by atoms with van der Waals surface area (Å²) in [5, 5.41) is 14.9. The molecule has 0 atom stereocenters. The minimum atomic E-state index is -3.18. The molecule has 2 aromatic carbocycles. The molecule has 1 aromatic heterocycles. The van der Waals surface area contributed by atoms with Gasteiger partial charge in [-0.15, -0.1) is 0 Å². The van der Waals surface area contributed by atoms with Crippen LogP contribution in [0.5, 0.6) is 0 Å². The highest BCUT2D eigenvalue weighted by atomic mass is 32.2. The lowest BCUT2D eigenvalue weighted by atomic mass is 10.2. The fourth-order valence-corrected chi connectivity index (χ4v) is 4.53. The van der Waals surface area contributed by atoms with Gasteiger partial charge < -0.3 is 5.32 Å². The van der Waals surface area contributed by atoms with Gasteiger partial charge in [-0.05, 0) is 46.7 Å². The second-order valence-corrected chi connectivity index (χ2v) is 8.03. The van der Waals surface area contributed by atoms with E-state index < -0.39 is 10.0 Å². The van der Waals surface area contributed by atoms with Crippen LogP contribution < -0.4 is 9.62 Å². The predicted molar refractivity (Wildman–Crippen MR) is 98.7 cm³/mol. The van der Waals surface area contributed by atoms with E-state index in [0.29, 0.717) is 31.1 Å². The first-order valence-electron chi connectivity index (χ1n) is 8.30. The number of benzene rings is 2. The Hall–Kier alpha value is -2.94. The molecule has 8 nitrogen and oxygen atoms in total. The summed E-state index contributed by atoms with van der Waals surface area (Å²) in [5.74, 6) is 0.733. The molecule has 1 N–H and O–H groups in total. The van der Waals surface area contributed by atoms with Crippen molar-refractivity contribution in [3.63, 3.8) is 0 Å². The highest BCUT2D eigenvalue weighted by molar-refractivity contribution is 7.93. The van der Waals surface area contributed by atoms with Crippen molar-refractivity contribution in [1.29, 1.82) is 0 Å². The molecule has 9 heteroatoms. The largest absolute Gasteiger partial charge is 0.349 e. The number of nitrogens with one attached hydrogen (secondary N) is 1. The second-order valence-electron chi connectivity index (χ2n) is 6.01. The molecule has 0 amide bonds. The summed E-state index contributed by atoms with van der Waals surface area (Å²) < 4.78 is 27.3. The van der Waals surface area contributed by atoms with Crippen molar-refractivity contribution < 1.29 is 8.42 Å². The van der Waals surface area contributed by atoms with Gasteiger partial charge in [0.2, 0.25) is 16.0 Å². The van der Waals surface area contributed by atoms with E-state index in [1.165, 1.54) is 4.31 Å². The van der Waals surface area contributed by atoms with Gasteiger partial charge >= 0.3 is 0 Å². The molecule has 0 bridgehead atoms. The van der Waals surface area contributed by atoms with E-state index >= 15 is 0 Å². The lowest BCUT2D eigenvalue weighted by molar-refractivity contribution is 0.599. The van der Waals surface area contributed by atoms with Crippen LogP contribution in [0.15, 0.2) is 54.6 Å². The highest BCUT2D eigenvalue weighted by Crippen LogP contribution is 2.25. The Morgan fingerprint density at radius 2 is 1.85 bits per heavy atom. The van der Waals surface area contributed by atoms with Crippen molar-refractivity contribution in [3.05, 3.63) is 60.2 Å². The standard InChI is InChI=1S/C17H18N6O2S/c24-26(25)11-5-10-22(26)16-9-4-6-14(12-16)13-18-17-19-20-21-23(17)15-7-2-1-3-8-15/h1-4,6-9,12H,5,10-11,13H2,(H,18,19,21). The Bertz CT molecular complexity index is 1000. The molecule has 134 valence electrons. The van der Waals surface area contributed by atoms with Crippen molar-refractivity contribution in [2.45, 2.75) is 13.0 Å². The van der Waals surface area contributed by atoms with E-state index in [-0.39, 0.29) is 5.75 Å². The van der Waals surface area contributed by atoms with Crippen LogP contribution in [0.3, 0.4) is 0 Å². The Balaban J connectivity index is 1.52. The minimum Gasteiger partial charge on any atom is -0.349 e. The molecule has 2 heterocycles. The Morgan fingerprint density at radius 3 is 2.62 bits per heavy atom. The molecule has 1 fully saturated rings. The van der Waals surface area contributed by atoms with Gasteiger partial charge in [0.25, 0.3) is 0 Å². The maximum absolute atomic E-state index is 12.1. The van der Waals surface area contributed by atoms with Gasteiger partial charge in [0.05, 0.1) is 17.1 Å². The smallest absolute Gasteiger partial charge is 0.248 e. The van der Waals surface area contributed by atoms with E-state index in [4.69, 9.17) is 0 Å². The molecule has 0 aliphatic carbocycles. The van der Waals surface area contributed by atoms with Gasteiger partial charge in [0.1, 0.15) is 0 Å². The Labute approximate surface area is 151 Å². The van der Waals surface area contributed by atoms with Gasteiger partial charge in [0.15, 0.2) is 0 Å². The summed E-state index contributed by atoms with van der Waals surface area (Å²) >= 11 is 0. The molecule has 26 heavy (non-hydrogen) atoms. The first-order chi connectivity index (χ1) is 12.6. The molecule has 0 saturated carbocycles. The zero-order valence-electron chi connectivity index (χ0n) is 14.0. The van der Waals surface area contributed by atoms with Crippen LogP contribution in [0.1, 0.15) is 12.0 Å². The maximum atomic E-state index is 12.1. The number of aromatic nitrogens is 4. The van der Waals surface area contributed by atoms with Crippen LogP contribution in [0.25, 0.3) is 5.69 Å². The van der Waals surface area contributed by atoms with Crippen LogP contribution in [-0.4, -0.2) is 40.9 Å². The van der Waals surface area contributed by atoms with E-state index in [1.807, 2.05) is 54.6 Å². The number of anilines is 2. The number of nitrogens with zero attached hydrogens (tertiary/aromatic N) is 5. The molecular formula is C17H18N6O2S. The molecule has 4 rings (SSSR count). The fraction of sp³-hybridized carbons (Fsp3) is 0.235. The lowest BCUT2D eigenvalue weighted by Gasteiger charge is -2.17. The van der Waals surface area contributed by atoms with E-state index in [2.05, 4.69) is 20.8 Å². The van der Waals surface area contributed by atoms with E-state index in [0.717, 1.165) is 11.3 Å². The van der Waals surface area contributed by atoms with Crippen LogP contribution >= 0.6 is 0 Å². The summed E-state index contributed by atoms with van der Waals surface area (Å²) in [6, 6.07) is 17.1. The van der Waals surface area contributed by atoms with Crippen molar-refractivity contribution in [1.82, 2.24) is 20.2 Å². The predicted octanol–water partition coefficient (Wildman–Crippen LogP) is 1.81. The normalized spacial score (nSPS) is 15.9. The van der Waals surface area contributed by atoms with Crippen molar-refractivity contribution in [3.8, 4) is 5.69 Å². The van der Waals surface area contributed by atoms with Crippen LogP contribution in [0, 0.1) is 0 Å².